The van der Waals surface area contributed by atoms with Gasteiger partial charge in [-0.2, -0.15) is 0 Å². The summed E-state index contributed by atoms with van der Waals surface area (Å²) in [5.41, 5.74) is 8.91. The first-order valence-corrected chi connectivity index (χ1v) is 7.61. The Morgan fingerprint density at radius 1 is 1.39 bits per heavy atom. The van der Waals surface area contributed by atoms with Crippen LogP contribution in [0, 0.1) is 5.41 Å². The first kappa shape index (κ1) is 11.7. The number of nitrogens with two attached hydrogens (primary N) is 1. The molecule has 18 heavy (non-hydrogen) atoms. The second-order valence-electron chi connectivity index (χ2n) is 5.83. The third kappa shape index (κ3) is 1.73. The Kier molecular flexibility index (Phi) is 2.18. The lowest BCUT2D eigenvalue weighted by Gasteiger charge is -2.18. The SMILES string of the molecule is CC1(C)CC1c1cccc2c1C(N)=NS(=O)(=O)C2. The second-order valence-corrected chi connectivity index (χ2v) is 7.46. The van der Waals surface area contributed by atoms with Crippen LogP contribution in [-0.2, 0) is 15.8 Å². The van der Waals surface area contributed by atoms with E-state index in [2.05, 4.69) is 18.2 Å². The molecule has 4 nitrogen and oxygen atoms in total. The molecule has 5 heteroatoms. The van der Waals surface area contributed by atoms with Crippen molar-refractivity contribution in [3.05, 3.63) is 34.9 Å². The molecule has 96 valence electrons. The van der Waals surface area contributed by atoms with Crippen LogP contribution in [0.1, 0.15) is 42.9 Å². The van der Waals surface area contributed by atoms with Crippen molar-refractivity contribution in [1.82, 2.24) is 0 Å². The zero-order valence-corrected chi connectivity index (χ0v) is 11.3. The Hall–Kier alpha value is -1.36. The van der Waals surface area contributed by atoms with Crippen molar-refractivity contribution in [3.63, 3.8) is 0 Å². The highest BCUT2D eigenvalue weighted by atomic mass is 32.2. The number of hydrogen-bond donors (Lipinski definition) is 1. The van der Waals surface area contributed by atoms with Gasteiger partial charge in [0.1, 0.15) is 5.84 Å². The number of hydrogen-bond acceptors (Lipinski definition) is 3. The van der Waals surface area contributed by atoms with E-state index in [4.69, 9.17) is 5.73 Å². The Bertz CT molecular complexity index is 660. The molecule has 0 spiro atoms. The minimum atomic E-state index is -3.43. The number of sulfonamides is 1. The molecule has 0 bridgehead atoms. The molecule has 0 amide bonds. The third-order valence-corrected chi connectivity index (χ3v) is 5.05. The minimum absolute atomic E-state index is 0.0377. The van der Waals surface area contributed by atoms with Gasteiger partial charge in [-0.3, -0.25) is 0 Å². The predicted molar refractivity (Wildman–Crippen MR) is 70.9 cm³/mol. The highest BCUT2D eigenvalue weighted by Crippen LogP contribution is 2.59. The van der Waals surface area contributed by atoms with Crippen LogP contribution in [0.5, 0.6) is 0 Å². The van der Waals surface area contributed by atoms with Crippen LogP contribution in [0.25, 0.3) is 0 Å². The molecule has 0 aromatic heterocycles. The van der Waals surface area contributed by atoms with Crippen molar-refractivity contribution in [2.75, 3.05) is 0 Å². The predicted octanol–water partition coefficient (Wildman–Crippen LogP) is 1.75. The van der Waals surface area contributed by atoms with E-state index in [1.807, 2.05) is 18.2 Å². The Morgan fingerprint density at radius 3 is 2.67 bits per heavy atom. The average Bonchev–Trinajstić information content (AvgIpc) is 2.84. The second kappa shape index (κ2) is 3.35. The highest BCUT2D eigenvalue weighted by molar-refractivity contribution is 7.89. The summed E-state index contributed by atoms with van der Waals surface area (Å²) in [5, 5.41) is 0. The summed E-state index contributed by atoms with van der Waals surface area (Å²) < 4.78 is 26.8. The van der Waals surface area contributed by atoms with Gasteiger partial charge < -0.3 is 5.73 Å². The maximum absolute atomic E-state index is 11.6. The summed E-state index contributed by atoms with van der Waals surface area (Å²) >= 11 is 0. The molecule has 1 aromatic rings. The Morgan fingerprint density at radius 2 is 2.06 bits per heavy atom. The quantitative estimate of drug-likeness (QED) is 0.839. The smallest absolute Gasteiger partial charge is 0.259 e. The van der Waals surface area contributed by atoms with Crippen molar-refractivity contribution in [1.29, 1.82) is 0 Å². The van der Waals surface area contributed by atoms with Gasteiger partial charge in [-0.1, -0.05) is 32.0 Å². The molecule has 2 N–H and O–H groups in total. The first-order chi connectivity index (χ1) is 8.30. The fourth-order valence-electron chi connectivity index (χ4n) is 2.77. The largest absolute Gasteiger partial charge is 0.383 e. The minimum Gasteiger partial charge on any atom is -0.383 e. The zero-order chi connectivity index (χ0) is 13.1. The lowest BCUT2D eigenvalue weighted by atomic mass is 9.94. The van der Waals surface area contributed by atoms with Crippen molar-refractivity contribution < 1.29 is 8.42 Å². The molecule has 2 aliphatic rings. The van der Waals surface area contributed by atoms with Gasteiger partial charge in [0.15, 0.2) is 0 Å². The highest BCUT2D eigenvalue weighted by Gasteiger charge is 2.48. The normalized spacial score (nSPS) is 27.2. The number of rotatable bonds is 1. The fraction of sp³-hybridized carbons (Fsp3) is 0.462. The summed E-state index contributed by atoms with van der Waals surface area (Å²) in [6.07, 6.45) is 1.11. The summed E-state index contributed by atoms with van der Waals surface area (Å²) in [5.74, 6) is 0.570. The van der Waals surface area contributed by atoms with Gasteiger partial charge in [0.2, 0.25) is 0 Å². The van der Waals surface area contributed by atoms with Crippen LogP contribution in [0.2, 0.25) is 0 Å². The van der Waals surface area contributed by atoms with Gasteiger partial charge in [0, 0.05) is 5.56 Å². The van der Waals surface area contributed by atoms with Gasteiger partial charge in [-0.25, -0.2) is 8.42 Å². The van der Waals surface area contributed by atoms with Crippen molar-refractivity contribution in [2.45, 2.75) is 31.9 Å². The molecule has 1 aliphatic heterocycles. The van der Waals surface area contributed by atoms with Gasteiger partial charge in [0.05, 0.1) is 5.75 Å². The molecule has 0 radical (unpaired) electrons. The van der Waals surface area contributed by atoms with Crippen LogP contribution in [0.4, 0.5) is 0 Å². The fourth-order valence-corrected chi connectivity index (χ4v) is 3.85. The van der Waals surface area contributed by atoms with Crippen LogP contribution in [0.15, 0.2) is 22.6 Å². The number of amidine groups is 1. The maximum atomic E-state index is 11.6. The number of fused-ring (bicyclic) bond motifs is 1. The molecular formula is C13H16N2O2S. The summed E-state index contributed by atoms with van der Waals surface area (Å²) in [7, 11) is -3.43. The van der Waals surface area contributed by atoms with Gasteiger partial charge in [-0.05, 0) is 28.9 Å². The molecule has 1 atom stereocenters. The topological polar surface area (TPSA) is 72.5 Å². The van der Waals surface area contributed by atoms with Gasteiger partial charge in [-0.15, -0.1) is 4.40 Å². The van der Waals surface area contributed by atoms with Gasteiger partial charge in [0.25, 0.3) is 10.0 Å². The van der Waals surface area contributed by atoms with E-state index in [1.165, 1.54) is 0 Å². The maximum Gasteiger partial charge on any atom is 0.259 e. The molecule has 1 aromatic carbocycles. The first-order valence-electron chi connectivity index (χ1n) is 6.00. The van der Waals surface area contributed by atoms with Crippen LogP contribution in [0.3, 0.4) is 0 Å². The van der Waals surface area contributed by atoms with E-state index in [-0.39, 0.29) is 17.0 Å². The molecular weight excluding hydrogens is 248 g/mol. The lowest BCUT2D eigenvalue weighted by Crippen LogP contribution is -2.25. The Balaban J connectivity index is 2.17. The zero-order valence-electron chi connectivity index (χ0n) is 10.5. The van der Waals surface area contributed by atoms with Crippen LogP contribution < -0.4 is 5.73 Å². The molecule has 1 saturated carbocycles. The number of nitrogens with zero attached hydrogens (tertiary/aromatic N) is 1. The molecule has 1 aliphatic carbocycles. The molecule has 3 rings (SSSR count). The lowest BCUT2D eigenvalue weighted by molar-refractivity contribution is 0.596. The van der Waals surface area contributed by atoms with E-state index in [9.17, 15) is 8.42 Å². The molecule has 1 unspecified atom stereocenters. The summed E-state index contributed by atoms with van der Waals surface area (Å²) in [6.45, 7) is 4.42. The standard InChI is InChI=1S/C13H16N2O2S/c1-13(2)6-10(13)9-5-3-4-8-7-18(16,17)15-12(14)11(8)9/h3-5,10H,6-7H2,1-2H3,(H2,14,15). The summed E-state index contributed by atoms with van der Waals surface area (Å²) in [4.78, 5) is 0. The van der Waals surface area contributed by atoms with Crippen LogP contribution >= 0.6 is 0 Å². The van der Waals surface area contributed by atoms with E-state index < -0.39 is 10.0 Å². The van der Waals surface area contributed by atoms with E-state index >= 15 is 0 Å². The third-order valence-electron chi connectivity index (χ3n) is 3.90. The van der Waals surface area contributed by atoms with Gasteiger partial charge >= 0.3 is 0 Å². The van der Waals surface area contributed by atoms with Crippen molar-refractivity contribution in [2.24, 2.45) is 15.5 Å². The van der Waals surface area contributed by atoms with E-state index in [0.717, 1.165) is 23.1 Å². The molecule has 1 heterocycles. The van der Waals surface area contributed by atoms with Crippen molar-refractivity contribution >= 4 is 15.9 Å². The summed E-state index contributed by atoms with van der Waals surface area (Å²) in [6, 6.07) is 5.78. The monoisotopic (exact) mass is 264 g/mol. The molecule has 0 saturated heterocycles. The van der Waals surface area contributed by atoms with Crippen molar-refractivity contribution in [3.8, 4) is 0 Å². The molecule has 1 fully saturated rings. The number of benzene rings is 1. The van der Waals surface area contributed by atoms with E-state index in [0.29, 0.717) is 5.92 Å². The van der Waals surface area contributed by atoms with Crippen LogP contribution in [-0.4, -0.2) is 14.3 Å². The van der Waals surface area contributed by atoms with E-state index in [1.54, 1.807) is 0 Å². The Labute approximate surface area is 107 Å². The average molecular weight is 264 g/mol.